The number of carbonyl (C=O) groups excluding carboxylic acids is 1. The van der Waals surface area contributed by atoms with Crippen LogP contribution in [-0.4, -0.2) is 50.2 Å². The summed E-state index contributed by atoms with van der Waals surface area (Å²) in [5.41, 5.74) is 0.477. The Kier molecular flexibility index (Phi) is 5.91. The Hall–Kier alpha value is -1.80. The van der Waals surface area contributed by atoms with Crippen LogP contribution in [-0.2, 0) is 14.8 Å². The third-order valence-electron chi connectivity index (χ3n) is 5.50. The Morgan fingerprint density at radius 2 is 2.14 bits per heavy atom. The lowest BCUT2D eigenvalue weighted by molar-refractivity contribution is -0.127. The molecule has 28 heavy (non-hydrogen) atoms. The summed E-state index contributed by atoms with van der Waals surface area (Å²) in [5, 5.41) is 3.15. The first kappa shape index (κ1) is 20.9. The van der Waals surface area contributed by atoms with Gasteiger partial charge in [-0.3, -0.25) is 4.79 Å². The molecule has 7 nitrogen and oxygen atoms in total. The number of piperidine rings is 1. The lowest BCUT2D eigenvalue weighted by atomic mass is 9.88. The summed E-state index contributed by atoms with van der Waals surface area (Å²) in [4.78, 5) is 13.0. The SMILES string of the molecule is CCS(=O)(=O)N1CCC[C@@H](C(=O)N[C@H]2CC(C)(C)Oc3ccc(OC)cc32)C1. The van der Waals surface area contributed by atoms with Gasteiger partial charge in [0.05, 0.1) is 24.8 Å². The summed E-state index contributed by atoms with van der Waals surface area (Å²) in [5.74, 6) is 1.06. The molecular weight excluding hydrogens is 380 g/mol. The average molecular weight is 411 g/mol. The number of nitrogens with one attached hydrogen (secondary N) is 1. The van der Waals surface area contributed by atoms with Gasteiger partial charge in [0.25, 0.3) is 0 Å². The molecular formula is C20H30N2O5S. The molecule has 1 amide bonds. The van der Waals surface area contributed by atoms with E-state index in [0.29, 0.717) is 31.6 Å². The zero-order valence-electron chi connectivity index (χ0n) is 17.0. The van der Waals surface area contributed by atoms with Crippen molar-refractivity contribution in [2.45, 2.75) is 51.7 Å². The van der Waals surface area contributed by atoms with Gasteiger partial charge in [0.15, 0.2) is 0 Å². The molecule has 2 atom stereocenters. The molecule has 8 heteroatoms. The van der Waals surface area contributed by atoms with Crippen LogP contribution in [0.4, 0.5) is 0 Å². The van der Waals surface area contributed by atoms with Crippen molar-refractivity contribution in [1.29, 1.82) is 0 Å². The van der Waals surface area contributed by atoms with Crippen LogP contribution in [0, 0.1) is 5.92 Å². The minimum atomic E-state index is -3.28. The Morgan fingerprint density at radius 3 is 2.82 bits per heavy atom. The van der Waals surface area contributed by atoms with Crippen molar-refractivity contribution in [3.05, 3.63) is 23.8 Å². The van der Waals surface area contributed by atoms with E-state index in [1.807, 2.05) is 32.0 Å². The topological polar surface area (TPSA) is 84.9 Å². The lowest BCUT2D eigenvalue weighted by Crippen LogP contribution is -2.48. The van der Waals surface area contributed by atoms with Crippen LogP contribution in [0.3, 0.4) is 0 Å². The minimum Gasteiger partial charge on any atom is -0.497 e. The van der Waals surface area contributed by atoms with Crippen molar-refractivity contribution in [3.8, 4) is 11.5 Å². The van der Waals surface area contributed by atoms with E-state index >= 15 is 0 Å². The Balaban J connectivity index is 1.78. The number of fused-ring (bicyclic) bond motifs is 1. The highest BCUT2D eigenvalue weighted by Gasteiger charge is 2.37. The van der Waals surface area contributed by atoms with Gasteiger partial charge in [0, 0.05) is 25.1 Å². The second kappa shape index (κ2) is 7.91. The predicted molar refractivity (Wildman–Crippen MR) is 107 cm³/mol. The number of amides is 1. The van der Waals surface area contributed by atoms with Crippen molar-refractivity contribution in [2.24, 2.45) is 5.92 Å². The van der Waals surface area contributed by atoms with Crippen LogP contribution in [0.2, 0.25) is 0 Å². The third kappa shape index (κ3) is 4.43. The largest absolute Gasteiger partial charge is 0.497 e. The van der Waals surface area contributed by atoms with E-state index in [2.05, 4.69) is 5.32 Å². The van der Waals surface area contributed by atoms with Gasteiger partial charge in [-0.2, -0.15) is 0 Å². The highest BCUT2D eigenvalue weighted by Crippen LogP contribution is 2.41. The van der Waals surface area contributed by atoms with Gasteiger partial charge < -0.3 is 14.8 Å². The van der Waals surface area contributed by atoms with E-state index in [1.165, 1.54) is 4.31 Å². The van der Waals surface area contributed by atoms with E-state index < -0.39 is 15.6 Å². The number of sulfonamides is 1. The standard InChI is InChI=1S/C20H30N2O5S/c1-5-28(24,25)22-10-6-7-14(13-22)19(23)21-17-12-20(2,3)27-18-9-8-15(26-4)11-16(17)18/h8-9,11,14,17H,5-7,10,12-13H2,1-4H3,(H,21,23)/t14-,17+/m1/s1. The van der Waals surface area contributed by atoms with E-state index in [-0.39, 0.29) is 30.2 Å². The molecule has 0 radical (unpaired) electrons. The highest BCUT2D eigenvalue weighted by molar-refractivity contribution is 7.89. The van der Waals surface area contributed by atoms with E-state index in [1.54, 1.807) is 14.0 Å². The van der Waals surface area contributed by atoms with Gasteiger partial charge in [0.1, 0.15) is 17.1 Å². The maximum Gasteiger partial charge on any atom is 0.224 e. The highest BCUT2D eigenvalue weighted by atomic mass is 32.2. The van der Waals surface area contributed by atoms with Crippen molar-refractivity contribution in [3.63, 3.8) is 0 Å². The molecule has 1 N–H and O–H groups in total. The number of benzene rings is 1. The number of ether oxygens (including phenoxy) is 2. The lowest BCUT2D eigenvalue weighted by Gasteiger charge is -2.39. The van der Waals surface area contributed by atoms with Crippen LogP contribution in [0.5, 0.6) is 11.5 Å². The minimum absolute atomic E-state index is 0.0582. The van der Waals surface area contributed by atoms with Crippen LogP contribution in [0.1, 0.15) is 51.6 Å². The number of rotatable bonds is 5. The van der Waals surface area contributed by atoms with Crippen molar-refractivity contribution >= 4 is 15.9 Å². The van der Waals surface area contributed by atoms with E-state index in [4.69, 9.17) is 9.47 Å². The summed E-state index contributed by atoms with van der Waals surface area (Å²) in [7, 11) is -1.68. The molecule has 1 aromatic carbocycles. The van der Waals surface area contributed by atoms with Crippen LogP contribution in [0.15, 0.2) is 18.2 Å². The Bertz CT molecular complexity index is 837. The van der Waals surface area contributed by atoms with Gasteiger partial charge in [-0.1, -0.05) is 0 Å². The average Bonchev–Trinajstić information content (AvgIpc) is 2.67. The molecule has 0 saturated carbocycles. The molecule has 156 valence electrons. The first-order valence-corrected chi connectivity index (χ1v) is 11.4. The predicted octanol–water partition coefficient (Wildman–Crippen LogP) is 2.48. The quantitative estimate of drug-likeness (QED) is 0.806. The Morgan fingerprint density at radius 1 is 1.39 bits per heavy atom. The molecule has 1 aromatic rings. The monoisotopic (exact) mass is 410 g/mol. The van der Waals surface area contributed by atoms with E-state index in [9.17, 15) is 13.2 Å². The van der Waals surface area contributed by atoms with Crippen LogP contribution < -0.4 is 14.8 Å². The number of nitrogens with zero attached hydrogens (tertiary/aromatic N) is 1. The number of hydrogen-bond acceptors (Lipinski definition) is 5. The molecule has 2 aliphatic rings. The molecule has 2 heterocycles. The van der Waals surface area contributed by atoms with Crippen LogP contribution in [0.25, 0.3) is 0 Å². The summed E-state index contributed by atoms with van der Waals surface area (Å²) >= 11 is 0. The fourth-order valence-electron chi connectivity index (χ4n) is 3.97. The maximum atomic E-state index is 13.0. The zero-order valence-corrected chi connectivity index (χ0v) is 17.8. The first-order valence-electron chi connectivity index (χ1n) is 9.80. The van der Waals surface area contributed by atoms with Gasteiger partial charge in [-0.05, 0) is 51.8 Å². The Labute approximate surface area is 167 Å². The normalized spacial score (nSPS) is 24.7. The molecule has 1 saturated heterocycles. The first-order chi connectivity index (χ1) is 13.1. The zero-order chi connectivity index (χ0) is 20.5. The third-order valence-corrected chi connectivity index (χ3v) is 7.35. The second-order valence-electron chi connectivity index (χ2n) is 8.13. The number of carbonyl (C=O) groups is 1. The molecule has 2 aliphatic heterocycles. The molecule has 3 rings (SSSR count). The van der Waals surface area contributed by atoms with Crippen molar-refractivity contribution < 1.29 is 22.7 Å². The molecule has 0 spiro atoms. The number of methoxy groups -OCH3 is 1. The molecule has 0 aliphatic carbocycles. The second-order valence-corrected chi connectivity index (χ2v) is 10.4. The fraction of sp³-hybridized carbons (Fsp3) is 0.650. The molecule has 1 fully saturated rings. The number of hydrogen-bond donors (Lipinski definition) is 1. The van der Waals surface area contributed by atoms with Crippen LogP contribution >= 0.6 is 0 Å². The summed E-state index contributed by atoms with van der Waals surface area (Å²) in [6, 6.07) is 5.39. The smallest absolute Gasteiger partial charge is 0.224 e. The molecule has 0 bridgehead atoms. The summed E-state index contributed by atoms with van der Waals surface area (Å²) < 4.78 is 37.2. The summed E-state index contributed by atoms with van der Waals surface area (Å²) in [6.07, 6.45) is 2.02. The van der Waals surface area contributed by atoms with Gasteiger partial charge in [-0.25, -0.2) is 12.7 Å². The summed E-state index contributed by atoms with van der Waals surface area (Å²) in [6.45, 7) is 6.36. The van der Waals surface area contributed by atoms with Gasteiger partial charge in [-0.15, -0.1) is 0 Å². The molecule has 0 aromatic heterocycles. The molecule has 0 unspecified atom stereocenters. The van der Waals surface area contributed by atoms with Gasteiger partial charge in [0.2, 0.25) is 15.9 Å². The van der Waals surface area contributed by atoms with Crippen molar-refractivity contribution in [1.82, 2.24) is 9.62 Å². The van der Waals surface area contributed by atoms with E-state index in [0.717, 1.165) is 11.3 Å². The fourth-order valence-corrected chi connectivity index (χ4v) is 5.15. The van der Waals surface area contributed by atoms with Crippen molar-refractivity contribution in [2.75, 3.05) is 26.0 Å². The maximum absolute atomic E-state index is 13.0. The van der Waals surface area contributed by atoms with Gasteiger partial charge >= 0.3 is 0 Å².